The monoisotopic (exact) mass is 307 g/mol. The van der Waals surface area contributed by atoms with E-state index in [1.54, 1.807) is 6.07 Å². The summed E-state index contributed by atoms with van der Waals surface area (Å²) in [6.45, 7) is 4.19. The Hall–Kier alpha value is -1.85. The zero-order valence-electron chi connectivity index (χ0n) is 12.1. The summed E-state index contributed by atoms with van der Waals surface area (Å²) < 4.78 is 1.88. The van der Waals surface area contributed by atoms with Crippen LogP contribution < -0.4 is 0 Å². The Labute approximate surface area is 128 Å². The summed E-state index contributed by atoms with van der Waals surface area (Å²) in [6, 6.07) is 5.08. The molecule has 6 heteroatoms. The fourth-order valence-corrected chi connectivity index (χ4v) is 2.45. The highest BCUT2D eigenvalue weighted by atomic mass is 35.5. The largest absolute Gasteiger partial charge is 0.478 e. The number of halogens is 1. The van der Waals surface area contributed by atoms with Crippen molar-refractivity contribution in [2.75, 3.05) is 7.05 Å². The summed E-state index contributed by atoms with van der Waals surface area (Å²) in [5.74, 6) is -1.01. The molecule has 0 aliphatic heterocycles. The van der Waals surface area contributed by atoms with Crippen LogP contribution in [0.4, 0.5) is 0 Å². The van der Waals surface area contributed by atoms with Gasteiger partial charge in [-0.2, -0.15) is 5.10 Å². The lowest BCUT2D eigenvalue weighted by atomic mass is 10.1. The van der Waals surface area contributed by atoms with Gasteiger partial charge in [-0.1, -0.05) is 23.7 Å². The van der Waals surface area contributed by atoms with Crippen molar-refractivity contribution in [1.29, 1.82) is 0 Å². The van der Waals surface area contributed by atoms with Crippen molar-refractivity contribution in [3.63, 3.8) is 0 Å². The standard InChI is InChI=1S/C15H18ClN3O2/c1-3-19-9-11(7-17-19)8-18(2)10-12-5-4-6-13(14(12)16)15(20)21/h4-7,9H,3,8,10H2,1-2H3,(H,20,21). The van der Waals surface area contributed by atoms with Crippen molar-refractivity contribution in [2.45, 2.75) is 26.6 Å². The van der Waals surface area contributed by atoms with Crippen molar-refractivity contribution < 1.29 is 9.90 Å². The molecule has 0 bridgehead atoms. The molecule has 0 saturated heterocycles. The van der Waals surface area contributed by atoms with E-state index in [0.29, 0.717) is 11.6 Å². The molecule has 1 heterocycles. The molecule has 0 aliphatic carbocycles. The molecule has 1 aromatic heterocycles. The molecule has 0 atom stereocenters. The Bertz CT molecular complexity index is 640. The number of aromatic nitrogens is 2. The van der Waals surface area contributed by atoms with E-state index in [1.807, 2.05) is 37.1 Å². The van der Waals surface area contributed by atoms with E-state index in [-0.39, 0.29) is 5.56 Å². The van der Waals surface area contributed by atoms with E-state index < -0.39 is 5.97 Å². The van der Waals surface area contributed by atoms with Gasteiger partial charge in [0.05, 0.1) is 16.8 Å². The third kappa shape index (κ3) is 3.83. The Morgan fingerprint density at radius 3 is 2.81 bits per heavy atom. The zero-order valence-corrected chi connectivity index (χ0v) is 12.8. The molecule has 0 radical (unpaired) electrons. The van der Waals surface area contributed by atoms with E-state index in [2.05, 4.69) is 10.00 Å². The van der Waals surface area contributed by atoms with Crippen LogP contribution in [0.3, 0.4) is 0 Å². The number of carboxylic acids is 1. The van der Waals surface area contributed by atoms with Gasteiger partial charge in [-0.3, -0.25) is 9.58 Å². The third-order valence-electron chi connectivity index (χ3n) is 3.21. The highest BCUT2D eigenvalue weighted by Crippen LogP contribution is 2.22. The Kier molecular flexibility index (Phi) is 4.98. The van der Waals surface area contributed by atoms with Gasteiger partial charge >= 0.3 is 5.97 Å². The van der Waals surface area contributed by atoms with Crippen molar-refractivity contribution in [3.05, 3.63) is 52.3 Å². The molecule has 112 valence electrons. The van der Waals surface area contributed by atoms with Crippen LogP contribution in [0, 0.1) is 0 Å². The predicted octanol–water partition coefficient (Wildman–Crippen LogP) is 2.89. The summed E-state index contributed by atoms with van der Waals surface area (Å²) in [7, 11) is 1.97. The van der Waals surface area contributed by atoms with E-state index in [0.717, 1.165) is 24.2 Å². The molecule has 0 unspecified atom stereocenters. The minimum atomic E-state index is -1.01. The molecule has 2 aromatic rings. The number of carbonyl (C=O) groups is 1. The number of nitrogens with zero attached hydrogens (tertiary/aromatic N) is 3. The maximum absolute atomic E-state index is 11.1. The van der Waals surface area contributed by atoms with Crippen LogP contribution in [0.25, 0.3) is 0 Å². The first-order chi connectivity index (χ1) is 10.0. The number of rotatable bonds is 6. The molecule has 0 spiro atoms. The van der Waals surface area contributed by atoms with Crippen LogP contribution in [0.1, 0.15) is 28.4 Å². The molecule has 0 aliphatic rings. The summed E-state index contributed by atoms with van der Waals surface area (Å²) in [5, 5.41) is 13.6. The van der Waals surface area contributed by atoms with Gasteiger partial charge in [-0.05, 0) is 25.6 Å². The average molecular weight is 308 g/mol. The van der Waals surface area contributed by atoms with Crippen molar-refractivity contribution in [3.8, 4) is 0 Å². The topological polar surface area (TPSA) is 58.4 Å². The molecule has 1 aromatic carbocycles. The highest BCUT2D eigenvalue weighted by Gasteiger charge is 2.13. The van der Waals surface area contributed by atoms with Crippen LogP contribution in [-0.4, -0.2) is 32.8 Å². The quantitative estimate of drug-likeness (QED) is 0.891. The molecule has 1 N–H and O–H groups in total. The number of hydrogen-bond acceptors (Lipinski definition) is 3. The summed E-state index contributed by atoms with van der Waals surface area (Å²) >= 11 is 6.15. The van der Waals surface area contributed by atoms with Gasteiger partial charge in [0, 0.05) is 31.4 Å². The SMILES string of the molecule is CCn1cc(CN(C)Cc2cccc(C(=O)O)c2Cl)cn1. The van der Waals surface area contributed by atoms with Crippen molar-refractivity contribution in [1.82, 2.24) is 14.7 Å². The lowest BCUT2D eigenvalue weighted by Crippen LogP contribution is -2.17. The van der Waals surface area contributed by atoms with Gasteiger partial charge in [0.25, 0.3) is 0 Å². The number of aromatic carboxylic acids is 1. The molecule has 0 saturated carbocycles. The maximum atomic E-state index is 11.1. The molecular weight excluding hydrogens is 290 g/mol. The lowest BCUT2D eigenvalue weighted by molar-refractivity contribution is 0.0697. The van der Waals surface area contributed by atoms with Crippen molar-refractivity contribution in [2.24, 2.45) is 0 Å². The van der Waals surface area contributed by atoms with Crippen LogP contribution in [0.5, 0.6) is 0 Å². The minimum absolute atomic E-state index is 0.140. The van der Waals surface area contributed by atoms with Gasteiger partial charge in [0.15, 0.2) is 0 Å². The fraction of sp³-hybridized carbons (Fsp3) is 0.333. The second kappa shape index (κ2) is 6.74. The smallest absolute Gasteiger partial charge is 0.337 e. The summed E-state index contributed by atoms with van der Waals surface area (Å²) in [5.41, 5.74) is 2.06. The molecule has 0 fully saturated rings. The Morgan fingerprint density at radius 2 is 2.19 bits per heavy atom. The number of aryl methyl sites for hydroxylation is 1. The van der Waals surface area contributed by atoms with Gasteiger partial charge < -0.3 is 5.11 Å². The van der Waals surface area contributed by atoms with Crippen LogP contribution in [0.2, 0.25) is 5.02 Å². The third-order valence-corrected chi connectivity index (χ3v) is 3.66. The first-order valence-electron chi connectivity index (χ1n) is 6.71. The minimum Gasteiger partial charge on any atom is -0.478 e. The average Bonchev–Trinajstić information content (AvgIpc) is 2.88. The maximum Gasteiger partial charge on any atom is 0.337 e. The van der Waals surface area contributed by atoms with Crippen LogP contribution in [0.15, 0.2) is 30.6 Å². The van der Waals surface area contributed by atoms with Crippen LogP contribution >= 0.6 is 11.6 Å². The first kappa shape index (κ1) is 15.5. The Balaban J connectivity index is 2.07. The second-order valence-electron chi connectivity index (χ2n) is 4.96. The molecule has 2 rings (SSSR count). The highest BCUT2D eigenvalue weighted by molar-refractivity contribution is 6.34. The van der Waals surface area contributed by atoms with Crippen LogP contribution in [-0.2, 0) is 19.6 Å². The summed E-state index contributed by atoms with van der Waals surface area (Å²) in [6.07, 6.45) is 3.85. The number of carboxylic acid groups (broad SMARTS) is 1. The normalized spacial score (nSPS) is 11.0. The van der Waals surface area contributed by atoms with Crippen molar-refractivity contribution >= 4 is 17.6 Å². The van der Waals surface area contributed by atoms with Gasteiger partial charge in [-0.15, -0.1) is 0 Å². The summed E-state index contributed by atoms with van der Waals surface area (Å²) in [4.78, 5) is 13.2. The molecular formula is C15H18ClN3O2. The molecule has 5 nitrogen and oxygen atoms in total. The number of hydrogen-bond donors (Lipinski definition) is 1. The Morgan fingerprint density at radius 1 is 1.43 bits per heavy atom. The van der Waals surface area contributed by atoms with Gasteiger partial charge in [0.1, 0.15) is 0 Å². The fourth-order valence-electron chi connectivity index (χ4n) is 2.19. The van der Waals surface area contributed by atoms with Gasteiger partial charge in [0.2, 0.25) is 0 Å². The molecule has 0 amide bonds. The van der Waals surface area contributed by atoms with E-state index in [1.165, 1.54) is 6.07 Å². The first-order valence-corrected chi connectivity index (χ1v) is 7.09. The van der Waals surface area contributed by atoms with E-state index in [9.17, 15) is 4.79 Å². The zero-order chi connectivity index (χ0) is 15.4. The predicted molar refractivity (Wildman–Crippen MR) is 81.5 cm³/mol. The molecule has 21 heavy (non-hydrogen) atoms. The lowest BCUT2D eigenvalue weighted by Gasteiger charge is -2.17. The second-order valence-corrected chi connectivity index (χ2v) is 5.34. The van der Waals surface area contributed by atoms with E-state index in [4.69, 9.17) is 16.7 Å². The number of benzene rings is 1. The van der Waals surface area contributed by atoms with E-state index >= 15 is 0 Å². The van der Waals surface area contributed by atoms with Gasteiger partial charge in [-0.25, -0.2) is 4.79 Å².